The third-order valence-electron chi connectivity index (χ3n) is 27.4. The summed E-state index contributed by atoms with van der Waals surface area (Å²) < 4.78 is 7.52. The van der Waals surface area contributed by atoms with Gasteiger partial charge in [-0.2, -0.15) is 0 Å². The average Bonchev–Trinajstić information content (AvgIpc) is 1.58. The number of aromatic nitrogens is 7. The van der Waals surface area contributed by atoms with E-state index < -0.39 is 0 Å². The van der Waals surface area contributed by atoms with E-state index in [9.17, 15) is 0 Å². The number of anilines is 2. The summed E-state index contributed by atoms with van der Waals surface area (Å²) in [6.07, 6.45) is 4.08. The molecule has 0 atom stereocenters. The predicted octanol–water partition coefficient (Wildman–Crippen LogP) is 32.8. The SMILES string of the molecule is CC(C)C1=CCc2cc(C(C)(C)C)ccc2N1c1ccccc1-c1cc(-c2nc(-c3ccccc3)cc(-c3ccccc3)n2)ccc1-n1c2ccc(C(C)(C)C)cc2c2cc(C(C)(C)Cc3cccc(-c4cc(-c5ccccc5)nc(-c5ccc(-n6c7ccccc7c7cc(C(C)(C)C)ccc76)c(-c6ccccc6-n6c7ccccc7c7cc(C(C)(C)C)ccc76)c5)n4)c3)ccc21. The van der Waals surface area contributed by atoms with Crippen LogP contribution in [0.3, 0.4) is 0 Å². The Kier molecular flexibility index (Phi) is 20.7. The maximum Gasteiger partial charge on any atom is 0.160 e. The summed E-state index contributed by atoms with van der Waals surface area (Å²) in [6, 6.07) is 131. The minimum absolute atomic E-state index is 0.0157. The number of rotatable bonds is 16. The molecule has 0 saturated carbocycles. The van der Waals surface area contributed by atoms with Crippen molar-refractivity contribution >= 4 is 76.8 Å². The Morgan fingerprint density at radius 3 is 1.05 bits per heavy atom. The van der Waals surface area contributed by atoms with Crippen LogP contribution in [0.5, 0.6) is 0 Å². The van der Waals surface area contributed by atoms with Crippen LogP contribution in [0.1, 0.15) is 150 Å². The number of nitrogens with zero attached hydrogens (tertiary/aromatic N) is 8. The predicted molar refractivity (Wildman–Crippen MR) is 557 cm³/mol. The molecule has 0 radical (unpaired) electrons. The molecular formula is C124H112N8. The van der Waals surface area contributed by atoms with Crippen LogP contribution in [0.15, 0.2) is 364 Å². The van der Waals surface area contributed by atoms with Gasteiger partial charge in [0.15, 0.2) is 11.6 Å². The standard InChI is InChI=1S/C124H112N8/c1-78(2)106-59-51-84-68-87(120(3,4)5)54-62-107(84)129(106)108-47-30-26-43-92(108)96-69-85(118-125-102(80-36-20-17-21-37-80)75-103(126-118)81-38-22-18-23-39-81)53-61-113(96)132-116-65-57-90(123(12,13)14)73-100(116)101-74-91(58-66-117(101)132)124(15,16)77-79-35-34-42-83(67-79)105-76-104(82-40-24-19-25-41-82)127-119(128-105)86-52-60-112(131-111-50-33-29-46-95(111)99-72-89(122(9,10)11)56-64-115(99)131)97(70-86)93-44-27-31-48-109(93)130-110-49-32-28-45-94(110)98-71-88(121(6,7)8)55-63-114(98)130/h17-50,52-76,78H,51,77H2,1-16H3. The number of allylic oxidation sites excluding steroid dienone is 2. The Morgan fingerprint density at radius 2 is 0.598 bits per heavy atom. The maximum absolute atomic E-state index is 5.75. The molecule has 0 spiro atoms. The lowest BCUT2D eigenvalue weighted by Crippen LogP contribution is -2.26. The van der Waals surface area contributed by atoms with E-state index in [2.05, 4.69) is 487 Å². The van der Waals surface area contributed by atoms with E-state index in [-0.39, 0.29) is 33.0 Å². The van der Waals surface area contributed by atoms with Crippen LogP contribution in [-0.4, -0.2) is 33.6 Å². The number of fused-ring (bicyclic) bond motifs is 10. The fourth-order valence-electron chi connectivity index (χ4n) is 20.2. The lowest BCUT2D eigenvalue weighted by Gasteiger charge is -2.37. The lowest BCUT2D eigenvalue weighted by molar-refractivity contribution is 0.523. The molecule has 0 N–H and O–H groups in total. The van der Waals surface area contributed by atoms with E-state index >= 15 is 0 Å². The summed E-state index contributed by atoms with van der Waals surface area (Å²) in [5, 5.41) is 7.29. The Balaban J connectivity index is 0.705. The zero-order valence-electron chi connectivity index (χ0n) is 78.6. The van der Waals surface area contributed by atoms with Gasteiger partial charge in [-0.05, 0) is 218 Å². The summed E-state index contributed by atoms with van der Waals surface area (Å²) in [5.41, 5.74) is 35.7. The van der Waals surface area contributed by atoms with Gasteiger partial charge in [0.05, 0.1) is 78.6 Å². The fraction of sp³-hybridized carbons (Fsp3) is 0.194. The Hall–Kier alpha value is -14.6. The van der Waals surface area contributed by atoms with E-state index in [0.29, 0.717) is 11.6 Å². The second-order valence-corrected chi connectivity index (χ2v) is 41.4. The van der Waals surface area contributed by atoms with Gasteiger partial charge in [-0.25, -0.2) is 19.9 Å². The molecule has 20 aromatic rings. The quantitative estimate of drug-likeness (QED) is 0.0964. The smallest absolute Gasteiger partial charge is 0.160 e. The Labute approximate surface area is 776 Å². The van der Waals surface area contributed by atoms with E-state index in [1.807, 2.05) is 0 Å². The average molecular weight is 1710 g/mol. The molecule has 0 saturated heterocycles. The van der Waals surface area contributed by atoms with Crippen molar-refractivity contribution in [3.05, 3.63) is 403 Å². The second-order valence-electron chi connectivity index (χ2n) is 41.4. The molecule has 1 aliphatic heterocycles. The molecule has 15 aromatic carbocycles. The largest absolute Gasteiger partial charge is 0.313 e. The second kappa shape index (κ2) is 32.5. The molecule has 132 heavy (non-hydrogen) atoms. The van der Waals surface area contributed by atoms with Crippen LogP contribution in [0, 0.1) is 5.92 Å². The third kappa shape index (κ3) is 15.3. The molecule has 648 valence electrons. The van der Waals surface area contributed by atoms with Crippen molar-refractivity contribution in [2.45, 2.75) is 151 Å². The van der Waals surface area contributed by atoms with Gasteiger partial charge in [-0.15, -0.1) is 0 Å². The summed E-state index contributed by atoms with van der Waals surface area (Å²) >= 11 is 0. The van der Waals surface area contributed by atoms with Crippen LogP contribution in [0.4, 0.5) is 11.4 Å². The summed E-state index contributed by atoms with van der Waals surface area (Å²) in [4.78, 5) is 24.9. The monoisotopic (exact) mass is 1710 g/mol. The van der Waals surface area contributed by atoms with Crippen LogP contribution in [-0.2, 0) is 39.9 Å². The van der Waals surface area contributed by atoms with E-state index in [1.54, 1.807) is 0 Å². The van der Waals surface area contributed by atoms with Crippen molar-refractivity contribution < 1.29 is 0 Å². The first-order valence-electron chi connectivity index (χ1n) is 46.9. The zero-order valence-corrected chi connectivity index (χ0v) is 78.6. The third-order valence-corrected chi connectivity index (χ3v) is 27.4. The Morgan fingerprint density at radius 1 is 0.258 bits per heavy atom. The van der Waals surface area contributed by atoms with Gasteiger partial charge in [0, 0.05) is 99.3 Å². The van der Waals surface area contributed by atoms with Gasteiger partial charge < -0.3 is 18.6 Å². The number of para-hydroxylation sites is 4. The number of hydrogen-bond donors (Lipinski definition) is 0. The fourth-order valence-corrected chi connectivity index (χ4v) is 20.2. The summed E-state index contributed by atoms with van der Waals surface area (Å²) in [6.45, 7) is 37.2. The maximum atomic E-state index is 5.75. The molecule has 0 bridgehead atoms. The first-order chi connectivity index (χ1) is 63.5. The van der Waals surface area contributed by atoms with E-state index in [1.165, 1.54) is 82.6 Å². The van der Waals surface area contributed by atoms with Gasteiger partial charge >= 0.3 is 0 Å². The highest BCUT2D eigenvalue weighted by Gasteiger charge is 2.33. The van der Waals surface area contributed by atoms with Crippen molar-refractivity contribution in [1.82, 2.24) is 33.6 Å². The minimum Gasteiger partial charge on any atom is -0.313 e. The number of benzene rings is 15. The summed E-state index contributed by atoms with van der Waals surface area (Å²) in [5.74, 6) is 1.52. The van der Waals surface area contributed by atoms with E-state index in [4.69, 9.17) is 19.9 Å². The molecule has 0 unspecified atom stereocenters. The normalized spacial score (nSPS) is 12.9. The molecule has 8 nitrogen and oxygen atoms in total. The number of hydrogen-bond acceptors (Lipinski definition) is 5. The van der Waals surface area contributed by atoms with Crippen molar-refractivity contribution in [2.75, 3.05) is 4.90 Å². The van der Waals surface area contributed by atoms with Gasteiger partial charge in [-0.3, -0.25) is 0 Å². The zero-order chi connectivity index (χ0) is 91.0. The molecule has 0 aliphatic carbocycles. The van der Waals surface area contributed by atoms with Gasteiger partial charge in [0.25, 0.3) is 0 Å². The first-order valence-corrected chi connectivity index (χ1v) is 46.9. The highest BCUT2D eigenvalue weighted by atomic mass is 15.2. The van der Waals surface area contributed by atoms with Crippen LogP contribution in [0.2, 0.25) is 0 Å². The molecule has 21 rings (SSSR count). The highest BCUT2D eigenvalue weighted by molar-refractivity contribution is 6.14. The first kappa shape index (κ1) is 84.3. The van der Waals surface area contributed by atoms with Crippen LogP contribution < -0.4 is 4.90 Å². The van der Waals surface area contributed by atoms with Crippen LogP contribution in [0.25, 0.3) is 173 Å². The van der Waals surface area contributed by atoms with Crippen molar-refractivity contribution in [3.8, 4) is 107 Å². The molecule has 6 heterocycles. The highest BCUT2D eigenvalue weighted by Crippen LogP contribution is 2.51. The minimum atomic E-state index is -0.359. The van der Waals surface area contributed by atoms with Gasteiger partial charge in [-0.1, -0.05) is 335 Å². The molecule has 1 aliphatic rings. The topological polar surface area (TPSA) is 69.6 Å². The van der Waals surface area contributed by atoms with Crippen LogP contribution >= 0.6 is 0 Å². The van der Waals surface area contributed by atoms with Crippen molar-refractivity contribution in [1.29, 1.82) is 0 Å². The molecule has 0 fully saturated rings. The molecule has 5 aromatic heterocycles. The van der Waals surface area contributed by atoms with Gasteiger partial charge in [0.1, 0.15) is 0 Å². The molecule has 8 heteroatoms. The Bertz CT molecular complexity index is 7920. The lowest BCUT2D eigenvalue weighted by atomic mass is 9.78. The van der Waals surface area contributed by atoms with Crippen molar-refractivity contribution in [2.24, 2.45) is 5.92 Å². The van der Waals surface area contributed by atoms with Gasteiger partial charge in [0.2, 0.25) is 0 Å². The molecular weight excluding hydrogens is 1600 g/mol. The summed E-state index contributed by atoms with van der Waals surface area (Å²) in [7, 11) is 0. The van der Waals surface area contributed by atoms with Crippen molar-refractivity contribution in [3.63, 3.8) is 0 Å². The molecule has 0 amide bonds. The van der Waals surface area contributed by atoms with E-state index in [0.717, 1.165) is 147 Å².